The molecule has 0 atom stereocenters. The SMILES string of the molecule is O=S(=O)(Nc1nncs1)c1ccc(CNC2CC2)cc1F. The zero-order valence-corrected chi connectivity index (χ0v) is 12.5. The van der Waals surface area contributed by atoms with E-state index in [9.17, 15) is 12.8 Å². The van der Waals surface area contributed by atoms with Crippen molar-refractivity contribution in [2.24, 2.45) is 0 Å². The highest BCUT2D eigenvalue weighted by Crippen LogP contribution is 2.22. The summed E-state index contributed by atoms with van der Waals surface area (Å²) in [5.41, 5.74) is 2.11. The highest BCUT2D eigenvalue weighted by atomic mass is 32.2. The van der Waals surface area contributed by atoms with Gasteiger partial charge in [0.05, 0.1) is 0 Å². The van der Waals surface area contributed by atoms with Crippen LogP contribution in [0.4, 0.5) is 9.52 Å². The molecule has 1 aromatic carbocycles. The standard InChI is InChI=1S/C12H13FN4O2S2/c13-10-5-8(6-14-9-2-3-9)1-4-11(10)21(18,19)17-12-16-15-7-20-12/h1,4-5,7,9,14H,2-3,6H2,(H,16,17). The molecule has 21 heavy (non-hydrogen) atoms. The molecule has 2 aromatic rings. The van der Waals surface area contributed by atoms with E-state index in [0.717, 1.165) is 24.2 Å². The van der Waals surface area contributed by atoms with Gasteiger partial charge in [0.15, 0.2) is 0 Å². The van der Waals surface area contributed by atoms with Gasteiger partial charge in [-0.2, -0.15) is 0 Å². The fraction of sp³-hybridized carbons (Fsp3) is 0.333. The number of nitrogens with one attached hydrogen (secondary N) is 2. The fourth-order valence-corrected chi connectivity index (χ4v) is 3.56. The van der Waals surface area contributed by atoms with Gasteiger partial charge in [-0.3, -0.25) is 4.72 Å². The second-order valence-corrected chi connectivity index (χ2v) is 7.25. The quantitative estimate of drug-likeness (QED) is 0.844. The molecule has 1 aliphatic carbocycles. The van der Waals surface area contributed by atoms with E-state index in [0.29, 0.717) is 18.2 Å². The molecule has 0 aliphatic heterocycles. The molecule has 0 spiro atoms. The van der Waals surface area contributed by atoms with Gasteiger partial charge in [0.2, 0.25) is 5.13 Å². The summed E-state index contributed by atoms with van der Waals surface area (Å²) in [5.74, 6) is -0.776. The molecule has 1 saturated carbocycles. The molecular formula is C12H13FN4O2S2. The molecule has 3 rings (SSSR count). The number of aromatic nitrogens is 2. The van der Waals surface area contributed by atoms with Gasteiger partial charge >= 0.3 is 0 Å². The minimum atomic E-state index is -3.99. The smallest absolute Gasteiger partial charge is 0.266 e. The minimum absolute atomic E-state index is 0.105. The number of hydrogen-bond acceptors (Lipinski definition) is 6. The predicted molar refractivity (Wildman–Crippen MR) is 77.0 cm³/mol. The van der Waals surface area contributed by atoms with Crippen LogP contribution in [0.25, 0.3) is 0 Å². The number of nitrogens with zero attached hydrogens (tertiary/aromatic N) is 2. The van der Waals surface area contributed by atoms with Crippen molar-refractivity contribution in [3.8, 4) is 0 Å². The number of sulfonamides is 1. The Hall–Kier alpha value is -1.58. The van der Waals surface area contributed by atoms with E-state index in [4.69, 9.17) is 0 Å². The predicted octanol–water partition coefficient (Wildman–Crippen LogP) is 1.73. The van der Waals surface area contributed by atoms with Gasteiger partial charge in [0.1, 0.15) is 16.2 Å². The maximum atomic E-state index is 14.0. The summed E-state index contributed by atoms with van der Waals surface area (Å²) in [6, 6.07) is 4.62. The molecule has 0 radical (unpaired) electrons. The first-order chi connectivity index (χ1) is 10.0. The second kappa shape index (κ2) is 5.66. The van der Waals surface area contributed by atoms with E-state index in [1.54, 1.807) is 6.07 Å². The van der Waals surface area contributed by atoms with Crippen LogP contribution < -0.4 is 10.0 Å². The van der Waals surface area contributed by atoms with Crippen LogP contribution in [0.1, 0.15) is 18.4 Å². The van der Waals surface area contributed by atoms with E-state index >= 15 is 0 Å². The van der Waals surface area contributed by atoms with E-state index in [1.807, 2.05) is 0 Å². The number of rotatable bonds is 6. The Morgan fingerprint density at radius 2 is 2.19 bits per heavy atom. The van der Waals surface area contributed by atoms with Gasteiger partial charge < -0.3 is 5.32 Å². The van der Waals surface area contributed by atoms with Crippen molar-refractivity contribution in [3.63, 3.8) is 0 Å². The first-order valence-corrected chi connectivity index (χ1v) is 8.72. The average molecular weight is 328 g/mol. The number of benzene rings is 1. The van der Waals surface area contributed by atoms with Gasteiger partial charge in [0, 0.05) is 12.6 Å². The molecule has 0 bridgehead atoms. The van der Waals surface area contributed by atoms with Crippen molar-refractivity contribution in [2.75, 3.05) is 4.72 Å². The lowest BCUT2D eigenvalue weighted by Gasteiger charge is -2.08. The molecule has 9 heteroatoms. The summed E-state index contributed by atoms with van der Waals surface area (Å²) in [5, 5.41) is 10.5. The fourth-order valence-electron chi connectivity index (χ4n) is 1.81. The molecule has 1 aromatic heterocycles. The van der Waals surface area contributed by atoms with E-state index in [-0.39, 0.29) is 5.13 Å². The molecule has 0 saturated heterocycles. The maximum Gasteiger partial charge on any atom is 0.266 e. The van der Waals surface area contributed by atoms with Gasteiger partial charge in [-0.1, -0.05) is 17.4 Å². The van der Waals surface area contributed by atoms with Gasteiger partial charge in [0.25, 0.3) is 10.0 Å². The second-order valence-electron chi connectivity index (χ2n) is 4.77. The lowest BCUT2D eigenvalue weighted by atomic mass is 10.2. The maximum absolute atomic E-state index is 14.0. The Bertz CT molecular complexity index is 730. The first kappa shape index (κ1) is 14.4. The van der Waals surface area contributed by atoms with Crippen LogP contribution in [0.5, 0.6) is 0 Å². The number of hydrogen-bond donors (Lipinski definition) is 2. The highest BCUT2D eigenvalue weighted by Gasteiger charge is 2.22. The Morgan fingerprint density at radius 1 is 1.38 bits per heavy atom. The van der Waals surface area contributed by atoms with Crippen molar-refractivity contribution in [3.05, 3.63) is 35.1 Å². The monoisotopic (exact) mass is 328 g/mol. The summed E-state index contributed by atoms with van der Waals surface area (Å²) in [7, 11) is -3.99. The zero-order valence-electron chi connectivity index (χ0n) is 10.9. The van der Waals surface area contributed by atoms with Crippen molar-refractivity contribution in [1.82, 2.24) is 15.5 Å². The van der Waals surface area contributed by atoms with Gasteiger partial charge in [-0.05, 0) is 30.5 Å². The zero-order chi connectivity index (χ0) is 14.9. The third kappa shape index (κ3) is 3.55. The van der Waals surface area contributed by atoms with Crippen molar-refractivity contribution < 1.29 is 12.8 Å². The summed E-state index contributed by atoms with van der Waals surface area (Å²) in [6.07, 6.45) is 2.28. The Labute approximate surface area is 125 Å². The molecule has 1 heterocycles. The topological polar surface area (TPSA) is 84.0 Å². The van der Waals surface area contributed by atoms with E-state index in [1.165, 1.54) is 17.6 Å². The van der Waals surface area contributed by atoms with Crippen LogP contribution in [0.2, 0.25) is 0 Å². The van der Waals surface area contributed by atoms with E-state index in [2.05, 4.69) is 20.2 Å². The van der Waals surface area contributed by atoms with E-state index < -0.39 is 20.7 Å². The first-order valence-electron chi connectivity index (χ1n) is 6.35. The third-order valence-corrected chi connectivity index (χ3v) is 5.15. The lowest BCUT2D eigenvalue weighted by molar-refractivity contribution is 0.567. The van der Waals surface area contributed by atoms with Crippen molar-refractivity contribution in [2.45, 2.75) is 30.3 Å². The van der Waals surface area contributed by atoms with Crippen molar-refractivity contribution in [1.29, 1.82) is 0 Å². The van der Waals surface area contributed by atoms with Crippen LogP contribution >= 0.6 is 11.3 Å². The number of halogens is 1. The molecule has 1 aliphatic rings. The molecule has 6 nitrogen and oxygen atoms in total. The summed E-state index contributed by atoms with van der Waals surface area (Å²) >= 11 is 1.03. The highest BCUT2D eigenvalue weighted by molar-refractivity contribution is 7.93. The number of anilines is 1. The van der Waals surface area contributed by atoms with Gasteiger partial charge in [-0.25, -0.2) is 12.8 Å². The average Bonchev–Trinajstić information content (AvgIpc) is 3.13. The molecule has 0 unspecified atom stereocenters. The van der Waals surface area contributed by atoms with Crippen LogP contribution in [-0.2, 0) is 16.6 Å². The van der Waals surface area contributed by atoms with Crippen LogP contribution in [0, 0.1) is 5.82 Å². The van der Waals surface area contributed by atoms with Crippen LogP contribution in [0.15, 0.2) is 28.6 Å². The molecule has 112 valence electrons. The van der Waals surface area contributed by atoms with Gasteiger partial charge in [-0.15, -0.1) is 10.2 Å². The lowest BCUT2D eigenvalue weighted by Crippen LogP contribution is -2.17. The summed E-state index contributed by atoms with van der Waals surface area (Å²) in [4.78, 5) is -0.395. The molecule has 2 N–H and O–H groups in total. The van der Waals surface area contributed by atoms with Crippen molar-refractivity contribution >= 4 is 26.5 Å². The summed E-state index contributed by atoms with van der Waals surface area (Å²) < 4.78 is 40.4. The van der Waals surface area contributed by atoms with Crippen LogP contribution in [0.3, 0.4) is 0 Å². The Balaban J connectivity index is 1.77. The largest absolute Gasteiger partial charge is 0.310 e. The Kier molecular flexibility index (Phi) is 3.87. The Morgan fingerprint density at radius 3 is 2.81 bits per heavy atom. The minimum Gasteiger partial charge on any atom is -0.310 e. The molecule has 1 fully saturated rings. The van der Waals surface area contributed by atoms with Crippen LogP contribution in [-0.4, -0.2) is 24.7 Å². The molecular weight excluding hydrogens is 315 g/mol. The molecule has 0 amide bonds. The third-order valence-electron chi connectivity index (χ3n) is 3.04. The normalized spacial score (nSPS) is 15.1. The summed E-state index contributed by atoms with van der Waals surface area (Å²) in [6.45, 7) is 0.533.